The van der Waals surface area contributed by atoms with Crippen LogP contribution in [0.25, 0.3) is 5.00 Å². The second-order valence-corrected chi connectivity index (χ2v) is 13.8. The summed E-state index contributed by atoms with van der Waals surface area (Å²) in [6.07, 6.45) is -0.0821. The van der Waals surface area contributed by atoms with E-state index in [-0.39, 0.29) is 12.3 Å². The van der Waals surface area contributed by atoms with E-state index in [2.05, 4.69) is 39.6 Å². The number of benzene rings is 3. The van der Waals surface area contributed by atoms with E-state index in [4.69, 9.17) is 27.1 Å². The molecule has 1 aliphatic heterocycles. The molecule has 3 N–H and O–H groups in total. The van der Waals surface area contributed by atoms with Crippen LogP contribution in [0.3, 0.4) is 0 Å². The van der Waals surface area contributed by atoms with Crippen molar-refractivity contribution in [2.75, 3.05) is 11.1 Å². The van der Waals surface area contributed by atoms with Crippen molar-refractivity contribution in [3.8, 4) is 5.00 Å². The zero-order valence-corrected chi connectivity index (χ0v) is 28.2. The smallest absolute Gasteiger partial charge is 0.308 e. The number of para-hydroxylation sites is 2. The highest BCUT2D eigenvalue weighted by molar-refractivity contribution is 7.15. The van der Waals surface area contributed by atoms with Crippen LogP contribution in [0, 0.1) is 20.8 Å². The Bertz CT molecular complexity index is 2000. The zero-order valence-electron chi connectivity index (χ0n) is 25.6. The first-order chi connectivity index (χ1) is 21.9. The van der Waals surface area contributed by atoms with Crippen molar-refractivity contribution in [2.45, 2.75) is 45.4 Å². The predicted molar refractivity (Wildman–Crippen MR) is 182 cm³/mol. The number of aliphatic imine (C=N–C) groups is 1. The van der Waals surface area contributed by atoms with Crippen LogP contribution in [0.4, 0.5) is 11.4 Å². The van der Waals surface area contributed by atoms with Crippen molar-refractivity contribution in [1.82, 2.24) is 14.8 Å². The first kappa shape index (κ1) is 31.4. The van der Waals surface area contributed by atoms with Gasteiger partial charge >= 0.3 is 5.97 Å². The molecule has 12 heteroatoms. The number of nitrogens with two attached hydrogens (primary N) is 1. The molecule has 0 aliphatic carbocycles. The standard InChI is InChI=1S/C34H30ClN6O3SSi/c1-18-19(2)45-33-29(18)30(21-11-15-24(35)16-12-21)37-27(31-40-39-20(3)41(31)33)17-28(42)44-34(4,46)23-13-9-22(10-14-23)32(43)38-26-8-6-5-7-25(26)36/h5-16,27H,17,36H2,1-4H3,(H,38,43)/t27-,34?/m0/s1. The highest BCUT2D eigenvalue weighted by Gasteiger charge is 2.34. The van der Waals surface area contributed by atoms with Crippen molar-refractivity contribution in [2.24, 2.45) is 4.99 Å². The maximum Gasteiger partial charge on any atom is 0.308 e. The van der Waals surface area contributed by atoms with Crippen molar-refractivity contribution in [1.29, 1.82) is 0 Å². The molecule has 0 spiro atoms. The Morgan fingerprint density at radius 2 is 1.74 bits per heavy atom. The Hall–Kier alpha value is -4.58. The summed E-state index contributed by atoms with van der Waals surface area (Å²) in [4.78, 5) is 32.7. The maximum absolute atomic E-state index is 13.6. The first-order valence-corrected chi connectivity index (χ1v) is 16.2. The fraction of sp³-hybridized carbons (Fsp3) is 0.206. The van der Waals surface area contributed by atoms with Crippen LogP contribution < -0.4 is 11.1 Å². The molecule has 3 radical (unpaired) electrons. The molecule has 3 heterocycles. The number of nitrogen functional groups attached to an aromatic ring is 1. The van der Waals surface area contributed by atoms with Crippen LogP contribution in [-0.2, 0) is 14.8 Å². The zero-order chi connectivity index (χ0) is 32.7. The summed E-state index contributed by atoms with van der Waals surface area (Å²) in [5.74, 6) is 0.463. The molecule has 1 aliphatic rings. The average molecular weight is 666 g/mol. The lowest BCUT2D eigenvalue weighted by Gasteiger charge is -2.26. The number of halogens is 1. The number of ether oxygens (including phenoxy) is 1. The molecule has 9 nitrogen and oxygen atoms in total. The van der Waals surface area contributed by atoms with Gasteiger partial charge in [0.05, 0.1) is 33.7 Å². The van der Waals surface area contributed by atoms with Gasteiger partial charge in [0.2, 0.25) is 0 Å². The van der Waals surface area contributed by atoms with E-state index >= 15 is 0 Å². The Balaban J connectivity index is 1.26. The van der Waals surface area contributed by atoms with Gasteiger partial charge in [0, 0.05) is 26.6 Å². The molecule has 6 rings (SSSR count). The summed E-state index contributed by atoms with van der Waals surface area (Å²) in [7, 11) is 3.65. The van der Waals surface area contributed by atoms with Crippen molar-refractivity contribution in [3.05, 3.63) is 122 Å². The van der Waals surface area contributed by atoms with E-state index in [1.54, 1.807) is 66.8 Å². The van der Waals surface area contributed by atoms with E-state index < -0.39 is 17.2 Å². The number of thiophene rings is 1. The molecule has 0 fully saturated rings. The minimum Gasteiger partial charge on any atom is -0.459 e. The van der Waals surface area contributed by atoms with Crippen LogP contribution in [0.2, 0.25) is 5.02 Å². The van der Waals surface area contributed by atoms with Gasteiger partial charge in [-0.25, -0.2) is 0 Å². The number of rotatable bonds is 7. The number of carbonyl (C=O) groups excluding carboxylic acids is 2. The van der Waals surface area contributed by atoms with Gasteiger partial charge in [-0.15, -0.1) is 21.5 Å². The molecule has 2 aromatic heterocycles. The van der Waals surface area contributed by atoms with Crippen LogP contribution >= 0.6 is 22.9 Å². The molecule has 1 unspecified atom stereocenters. The van der Waals surface area contributed by atoms with Crippen LogP contribution in [-0.4, -0.2) is 42.6 Å². The van der Waals surface area contributed by atoms with Crippen molar-refractivity contribution in [3.63, 3.8) is 0 Å². The molecule has 46 heavy (non-hydrogen) atoms. The maximum atomic E-state index is 13.6. The van der Waals surface area contributed by atoms with Crippen molar-refractivity contribution >= 4 is 62.1 Å². The van der Waals surface area contributed by atoms with Crippen molar-refractivity contribution < 1.29 is 14.3 Å². The van der Waals surface area contributed by atoms with Crippen LogP contribution in [0.1, 0.15) is 68.5 Å². The van der Waals surface area contributed by atoms with Gasteiger partial charge in [0.1, 0.15) is 22.1 Å². The number of aryl methyl sites for hydroxylation is 2. The summed E-state index contributed by atoms with van der Waals surface area (Å²) in [6, 6.07) is 20.7. The summed E-state index contributed by atoms with van der Waals surface area (Å²) >= 11 is 7.86. The second kappa shape index (κ2) is 12.3. The number of nitrogens with one attached hydrogen (secondary N) is 1. The number of esters is 1. The normalized spacial score (nSPS) is 15.2. The molecular weight excluding hydrogens is 636 g/mol. The minimum absolute atomic E-state index is 0.0821. The van der Waals surface area contributed by atoms with Gasteiger partial charge in [0.15, 0.2) is 5.82 Å². The summed E-state index contributed by atoms with van der Waals surface area (Å²) in [5, 5.41) is 12.0. The van der Waals surface area contributed by atoms with Gasteiger partial charge in [-0.2, -0.15) is 0 Å². The second-order valence-electron chi connectivity index (χ2n) is 11.2. The lowest BCUT2D eigenvalue weighted by molar-refractivity contribution is -0.152. The molecule has 3 aromatic carbocycles. The number of fused-ring (bicyclic) bond motifs is 3. The van der Waals surface area contributed by atoms with Crippen LogP contribution in [0.15, 0.2) is 77.8 Å². The number of nitrogens with zero attached hydrogens (tertiary/aromatic N) is 4. The Kier molecular flexibility index (Phi) is 8.40. The summed E-state index contributed by atoms with van der Waals surface area (Å²) in [5.41, 5.74) is 11.8. The fourth-order valence-electron chi connectivity index (χ4n) is 5.36. The number of anilines is 2. The molecule has 5 aromatic rings. The third kappa shape index (κ3) is 6.01. The Morgan fingerprint density at radius 3 is 2.43 bits per heavy atom. The summed E-state index contributed by atoms with van der Waals surface area (Å²) < 4.78 is 7.97. The van der Waals surface area contributed by atoms with Crippen LogP contribution in [0.5, 0.6) is 0 Å². The van der Waals surface area contributed by atoms with Gasteiger partial charge in [-0.05, 0) is 75.2 Å². The van der Waals surface area contributed by atoms with Gasteiger partial charge in [0.25, 0.3) is 5.91 Å². The number of amides is 1. The average Bonchev–Trinajstić information content (AvgIpc) is 3.50. The monoisotopic (exact) mass is 665 g/mol. The fourth-order valence-corrected chi connectivity index (χ4v) is 6.98. The highest BCUT2D eigenvalue weighted by Crippen LogP contribution is 2.40. The molecule has 2 atom stereocenters. The molecule has 0 bridgehead atoms. The first-order valence-electron chi connectivity index (χ1n) is 14.5. The van der Waals surface area contributed by atoms with E-state index in [1.165, 1.54) is 0 Å². The summed E-state index contributed by atoms with van der Waals surface area (Å²) in [6.45, 7) is 7.78. The molecule has 231 valence electrons. The quantitative estimate of drug-likeness (QED) is 0.115. The molecule has 0 saturated carbocycles. The van der Waals surface area contributed by atoms with Gasteiger partial charge in [-0.1, -0.05) is 48.0 Å². The van der Waals surface area contributed by atoms with Gasteiger partial charge in [-0.3, -0.25) is 19.1 Å². The van der Waals surface area contributed by atoms with Gasteiger partial charge < -0.3 is 15.8 Å². The number of hydrogen-bond donors (Lipinski definition) is 2. The Labute approximate surface area is 278 Å². The van der Waals surface area contributed by atoms with E-state index in [9.17, 15) is 9.59 Å². The minimum atomic E-state index is -1.18. The third-order valence-electron chi connectivity index (χ3n) is 7.94. The molecular formula is C34H30ClN6O3SSi. The number of aromatic nitrogens is 3. The largest absolute Gasteiger partial charge is 0.459 e. The molecule has 1 amide bonds. The lowest BCUT2D eigenvalue weighted by atomic mass is 9.99. The van der Waals surface area contributed by atoms with E-state index in [1.807, 2.05) is 35.8 Å². The predicted octanol–water partition coefficient (Wildman–Crippen LogP) is 6.61. The van der Waals surface area contributed by atoms with E-state index in [0.29, 0.717) is 39.2 Å². The number of carbonyl (C=O) groups is 2. The molecule has 0 saturated heterocycles. The Morgan fingerprint density at radius 1 is 1.04 bits per heavy atom. The number of hydrogen-bond acceptors (Lipinski definition) is 8. The SMILES string of the molecule is Cc1sc2c(c1C)C(c1ccc(Cl)cc1)=N[C@@H](CC(=O)OC(C)([Si])c1ccc(C(=O)Nc3ccccc3N)cc1)c1nnc(C)n1-2. The lowest BCUT2D eigenvalue weighted by Crippen LogP contribution is -2.30. The topological polar surface area (TPSA) is 124 Å². The van der Waals surface area contributed by atoms with E-state index in [0.717, 1.165) is 32.3 Å². The highest BCUT2D eigenvalue weighted by atomic mass is 35.5. The third-order valence-corrected chi connectivity index (χ3v) is 9.78.